The summed E-state index contributed by atoms with van der Waals surface area (Å²) in [6.07, 6.45) is 0.618. The molecule has 0 aromatic heterocycles. The summed E-state index contributed by atoms with van der Waals surface area (Å²) in [7, 11) is 0. The van der Waals surface area contributed by atoms with Crippen LogP contribution >= 0.6 is 0 Å². The number of nitrogens with zero attached hydrogens (tertiary/aromatic N) is 1. The minimum atomic E-state index is -0.491. The van der Waals surface area contributed by atoms with E-state index in [2.05, 4.69) is 27.7 Å². The molecule has 2 unspecified atom stereocenters. The molecule has 2 atom stereocenters. The van der Waals surface area contributed by atoms with Crippen LogP contribution in [-0.2, 0) is 10.2 Å². The van der Waals surface area contributed by atoms with Crippen molar-refractivity contribution >= 4 is 6.09 Å². The van der Waals surface area contributed by atoms with Gasteiger partial charge in [0.15, 0.2) is 0 Å². The van der Waals surface area contributed by atoms with Crippen molar-refractivity contribution < 1.29 is 14.6 Å². The Morgan fingerprint density at radius 3 is 2.40 bits per heavy atom. The van der Waals surface area contributed by atoms with Crippen LogP contribution in [0.2, 0.25) is 0 Å². The molecule has 0 radical (unpaired) electrons. The number of carbonyl (C=O) groups excluding carboxylic acids is 1. The first kappa shape index (κ1) is 19.6. The Labute approximate surface area is 152 Å². The van der Waals surface area contributed by atoms with Gasteiger partial charge in [0.25, 0.3) is 0 Å². The number of phenols is 1. The maximum atomic E-state index is 12.6. The van der Waals surface area contributed by atoms with Crippen LogP contribution in [0, 0.1) is 12.3 Å². The molecule has 0 spiro atoms. The third-order valence-electron chi connectivity index (χ3n) is 6.22. The third kappa shape index (κ3) is 3.49. The number of rotatable bonds is 1. The van der Waals surface area contributed by atoms with Gasteiger partial charge in [-0.2, -0.15) is 0 Å². The van der Waals surface area contributed by atoms with E-state index in [0.29, 0.717) is 12.3 Å². The number of carbonyl (C=O) groups is 1. The maximum absolute atomic E-state index is 12.6. The molecule has 4 nitrogen and oxygen atoms in total. The lowest BCUT2D eigenvalue weighted by atomic mass is 9.55. The Hall–Kier alpha value is -1.71. The molecule has 1 aliphatic heterocycles. The zero-order chi connectivity index (χ0) is 19.2. The van der Waals surface area contributed by atoms with Crippen molar-refractivity contribution in [1.29, 1.82) is 0 Å². The fraction of sp³-hybridized carbons (Fsp3) is 0.667. The summed E-state index contributed by atoms with van der Waals surface area (Å²) in [4.78, 5) is 14.5. The van der Waals surface area contributed by atoms with Crippen molar-refractivity contribution in [1.82, 2.24) is 4.90 Å². The van der Waals surface area contributed by atoms with E-state index in [4.69, 9.17) is 4.74 Å². The molecule has 2 rings (SSSR count). The Balaban J connectivity index is 2.36. The average molecular weight is 347 g/mol. The van der Waals surface area contributed by atoms with Gasteiger partial charge in [0, 0.05) is 18.0 Å². The first-order valence-corrected chi connectivity index (χ1v) is 9.09. The van der Waals surface area contributed by atoms with Crippen molar-refractivity contribution in [3.63, 3.8) is 0 Å². The molecule has 1 heterocycles. The van der Waals surface area contributed by atoms with Crippen LogP contribution in [0.1, 0.15) is 66.0 Å². The highest BCUT2D eigenvalue weighted by atomic mass is 16.6. The number of hydrogen-bond acceptors (Lipinski definition) is 3. The van der Waals surface area contributed by atoms with Gasteiger partial charge in [-0.15, -0.1) is 0 Å². The molecule has 0 bridgehead atoms. The third-order valence-corrected chi connectivity index (χ3v) is 6.22. The van der Waals surface area contributed by atoms with Crippen LogP contribution in [0.4, 0.5) is 4.79 Å². The van der Waals surface area contributed by atoms with Crippen LogP contribution in [0.15, 0.2) is 18.2 Å². The van der Waals surface area contributed by atoms with E-state index in [-0.39, 0.29) is 23.0 Å². The fourth-order valence-corrected chi connectivity index (χ4v) is 4.03. The number of amides is 1. The first-order valence-electron chi connectivity index (χ1n) is 9.09. The van der Waals surface area contributed by atoms with Gasteiger partial charge < -0.3 is 14.7 Å². The highest BCUT2D eigenvalue weighted by Gasteiger charge is 2.52. The molecule has 1 aromatic carbocycles. The molecule has 4 heteroatoms. The van der Waals surface area contributed by atoms with Crippen molar-refractivity contribution in [3.8, 4) is 5.75 Å². The number of piperidine rings is 1. The number of ether oxygens (including phenoxy) is 1. The lowest BCUT2D eigenvalue weighted by Gasteiger charge is -2.56. The molecule has 1 aromatic rings. The lowest BCUT2D eigenvalue weighted by Crippen LogP contribution is -2.61. The second kappa shape index (κ2) is 6.22. The molecule has 1 fully saturated rings. The molecule has 1 saturated heterocycles. The van der Waals surface area contributed by atoms with Gasteiger partial charge in [-0.05, 0) is 69.7 Å². The van der Waals surface area contributed by atoms with Crippen LogP contribution in [0.3, 0.4) is 0 Å². The molecule has 1 amide bonds. The summed E-state index contributed by atoms with van der Waals surface area (Å²) in [6, 6.07) is 5.65. The number of hydrogen-bond donors (Lipinski definition) is 1. The van der Waals surface area contributed by atoms with Crippen LogP contribution in [0.5, 0.6) is 5.75 Å². The SMILES string of the molecule is Cc1cc(O)ccc1C1(C)CCN(C(=O)OC(C)(C)C)C(C)C1(C)C. The van der Waals surface area contributed by atoms with E-state index in [1.807, 2.05) is 44.7 Å². The monoisotopic (exact) mass is 347 g/mol. The van der Waals surface area contributed by atoms with Crippen LogP contribution < -0.4 is 0 Å². The van der Waals surface area contributed by atoms with E-state index in [0.717, 1.165) is 12.0 Å². The highest BCUT2D eigenvalue weighted by molar-refractivity contribution is 5.69. The van der Waals surface area contributed by atoms with Gasteiger partial charge in [-0.3, -0.25) is 0 Å². The van der Waals surface area contributed by atoms with Crippen LogP contribution in [-0.4, -0.2) is 34.3 Å². The second-order valence-corrected chi connectivity index (χ2v) is 9.15. The zero-order valence-corrected chi connectivity index (χ0v) is 16.9. The molecular weight excluding hydrogens is 314 g/mol. The summed E-state index contributed by atoms with van der Waals surface area (Å²) < 4.78 is 5.61. The minimum absolute atomic E-state index is 0.0364. The number of benzene rings is 1. The average Bonchev–Trinajstić information content (AvgIpc) is 2.43. The van der Waals surface area contributed by atoms with Gasteiger partial charge in [0.1, 0.15) is 11.4 Å². The van der Waals surface area contributed by atoms with Gasteiger partial charge in [0.2, 0.25) is 0 Å². The van der Waals surface area contributed by atoms with Crippen molar-refractivity contribution in [3.05, 3.63) is 29.3 Å². The normalized spacial score (nSPS) is 26.4. The Morgan fingerprint density at radius 2 is 1.88 bits per heavy atom. The highest BCUT2D eigenvalue weighted by Crippen LogP contribution is 2.52. The van der Waals surface area contributed by atoms with Crippen molar-refractivity contribution in [2.45, 2.75) is 78.9 Å². The second-order valence-electron chi connectivity index (χ2n) is 9.15. The predicted octanol–water partition coefficient (Wildman–Crippen LogP) is 5.01. The quantitative estimate of drug-likeness (QED) is 0.776. The summed E-state index contributed by atoms with van der Waals surface area (Å²) >= 11 is 0. The molecule has 25 heavy (non-hydrogen) atoms. The van der Waals surface area contributed by atoms with Crippen LogP contribution in [0.25, 0.3) is 0 Å². The molecule has 0 saturated carbocycles. The largest absolute Gasteiger partial charge is 0.508 e. The Kier molecular flexibility index (Phi) is 4.88. The smallest absolute Gasteiger partial charge is 0.410 e. The molecule has 140 valence electrons. The summed E-state index contributed by atoms with van der Waals surface area (Å²) in [5.41, 5.74) is 1.60. The summed E-state index contributed by atoms with van der Waals surface area (Å²) in [5, 5.41) is 9.76. The Morgan fingerprint density at radius 1 is 1.28 bits per heavy atom. The van der Waals surface area contributed by atoms with Gasteiger partial charge in [-0.1, -0.05) is 26.8 Å². The standard InChI is InChI=1S/C21H33NO3/c1-14-13-16(23)9-10-17(14)21(8)11-12-22(15(2)20(21,6)7)18(24)25-19(3,4)5/h9-10,13,15,23H,11-12H2,1-8H3. The van der Waals surface area contributed by atoms with E-state index >= 15 is 0 Å². The molecule has 1 N–H and O–H groups in total. The Bertz CT molecular complexity index is 660. The van der Waals surface area contributed by atoms with E-state index < -0.39 is 5.60 Å². The van der Waals surface area contributed by atoms with Gasteiger partial charge in [0.05, 0.1) is 0 Å². The minimum Gasteiger partial charge on any atom is -0.508 e. The molecular formula is C21H33NO3. The number of aromatic hydroxyl groups is 1. The van der Waals surface area contributed by atoms with E-state index in [1.165, 1.54) is 5.56 Å². The number of aryl methyl sites for hydroxylation is 1. The predicted molar refractivity (Wildman–Crippen MR) is 101 cm³/mol. The number of phenolic OH excluding ortho intramolecular Hbond substituents is 1. The topological polar surface area (TPSA) is 49.8 Å². The van der Waals surface area contributed by atoms with E-state index in [1.54, 1.807) is 6.07 Å². The van der Waals surface area contributed by atoms with E-state index in [9.17, 15) is 9.90 Å². The van der Waals surface area contributed by atoms with Crippen molar-refractivity contribution in [2.75, 3.05) is 6.54 Å². The zero-order valence-electron chi connectivity index (χ0n) is 16.9. The fourth-order valence-electron chi connectivity index (χ4n) is 4.03. The number of likely N-dealkylation sites (tertiary alicyclic amines) is 1. The molecule has 0 aliphatic carbocycles. The maximum Gasteiger partial charge on any atom is 0.410 e. The first-order chi connectivity index (χ1) is 11.3. The van der Waals surface area contributed by atoms with Gasteiger partial charge >= 0.3 is 6.09 Å². The summed E-state index contributed by atoms with van der Waals surface area (Å²) in [6.45, 7) is 17.2. The molecule has 1 aliphatic rings. The summed E-state index contributed by atoms with van der Waals surface area (Å²) in [5.74, 6) is 0.293. The van der Waals surface area contributed by atoms with Gasteiger partial charge in [-0.25, -0.2) is 4.79 Å². The van der Waals surface area contributed by atoms with Crippen molar-refractivity contribution in [2.24, 2.45) is 5.41 Å². The lowest BCUT2D eigenvalue weighted by molar-refractivity contribution is -0.0397.